The Morgan fingerprint density at radius 1 is 1.33 bits per heavy atom. The molecular weight excluding hydrogens is 511 g/mol. The molecule has 1 unspecified atom stereocenters. The highest BCUT2D eigenvalue weighted by molar-refractivity contribution is 7.99. The van der Waals surface area contributed by atoms with Crippen LogP contribution in [-0.4, -0.2) is 50.5 Å². The fraction of sp³-hybridized carbons (Fsp3) is 0.435. The number of fused-ring (bicyclic) bond motifs is 1. The zero-order valence-electron chi connectivity index (χ0n) is 20.6. The van der Waals surface area contributed by atoms with Crippen molar-refractivity contribution in [3.05, 3.63) is 45.2 Å². The number of hydrogen-bond acceptors (Lipinski definition) is 9. The van der Waals surface area contributed by atoms with E-state index in [1.54, 1.807) is 33.0 Å². The summed E-state index contributed by atoms with van der Waals surface area (Å²) in [4.78, 5) is 39.7. The van der Waals surface area contributed by atoms with Gasteiger partial charge in [-0.25, -0.2) is 19.2 Å². The van der Waals surface area contributed by atoms with Gasteiger partial charge < -0.3 is 19.8 Å². The Hall–Kier alpha value is -2.96. The third-order valence-corrected chi connectivity index (χ3v) is 5.70. The largest absolute Gasteiger partial charge is 0.476 e. The molecule has 194 valence electrons. The molecule has 3 N–H and O–H groups in total. The van der Waals surface area contributed by atoms with Crippen LogP contribution in [0.5, 0.6) is 5.88 Å². The Morgan fingerprint density at radius 2 is 2.08 bits per heavy atom. The van der Waals surface area contributed by atoms with Crippen LogP contribution in [0.3, 0.4) is 0 Å². The summed E-state index contributed by atoms with van der Waals surface area (Å²) in [6.07, 6.45) is 0.959. The van der Waals surface area contributed by atoms with Crippen molar-refractivity contribution in [3.8, 4) is 5.88 Å². The molecule has 0 fully saturated rings. The quantitative estimate of drug-likeness (QED) is 0.153. The van der Waals surface area contributed by atoms with E-state index in [1.807, 2.05) is 19.9 Å². The molecule has 0 spiro atoms. The van der Waals surface area contributed by atoms with Gasteiger partial charge in [-0.3, -0.25) is 10.1 Å². The van der Waals surface area contributed by atoms with Gasteiger partial charge in [-0.2, -0.15) is 4.98 Å². The van der Waals surface area contributed by atoms with Crippen molar-refractivity contribution >= 4 is 46.2 Å². The summed E-state index contributed by atoms with van der Waals surface area (Å²) in [5.74, 6) is 0.0235. The standard InChI is InChI=1S/C23H28ClFN6O4S/c1-6-36-21-28-16-14(19(32)31-21)20(29-17(24)15(16)25)34-11-10-26-12(2)13-8-7-9-27-18(13)30-22(33)35-23(3,4)5/h7-9,12,26H,6,10-11H2,1-5H3,(H,27,30,33)(H,28,31,32). The van der Waals surface area contributed by atoms with Gasteiger partial charge in [-0.05, 0) is 39.5 Å². The number of pyridine rings is 2. The molecule has 0 saturated carbocycles. The average molecular weight is 539 g/mol. The minimum Gasteiger partial charge on any atom is -0.476 e. The fourth-order valence-corrected chi connectivity index (χ4v) is 3.98. The number of carbonyl (C=O) groups is 1. The van der Waals surface area contributed by atoms with Gasteiger partial charge in [0, 0.05) is 24.3 Å². The Bertz CT molecular complexity index is 1300. The Kier molecular flexibility index (Phi) is 9.09. The van der Waals surface area contributed by atoms with E-state index < -0.39 is 28.2 Å². The number of H-pyrrole nitrogens is 1. The van der Waals surface area contributed by atoms with E-state index in [1.165, 1.54) is 11.8 Å². The minimum atomic E-state index is -0.878. The zero-order valence-corrected chi connectivity index (χ0v) is 22.1. The summed E-state index contributed by atoms with van der Waals surface area (Å²) in [7, 11) is 0. The zero-order chi connectivity index (χ0) is 26.5. The molecule has 3 rings (SSSR count). The number of anilines is 1. The van der Waals surface area contributed by atoms with Gasteiger partial charge in [0.2, 0.25) is 5.88 Å². The molecule has 0 aromatic carbocycles. The van der Waals surface area contributed by atoms with Gasteiger partial charge in [-0.1, -0.05) is 36.4 Å². The van der Waals surface area contributed by atoms with E-state index in [9.17, 15) is 14.0 Å². The number of rotatable bonds is 9. The van der Waals surface area contributed by atoms with Crippen LogP contribution in [0.15, 0.2) is 28.3 Å². The number of nitrogens with one attached hydrogen (secondary N) is 3. The van der Waals surface area contributed by atoms with Crippen molar-refractivity contribution in [3.63, 3.8) is 0 Å². The van der Waals surface area contributed by atoms with Crippen LogP contribution < -0.4 is 20.9 Å². The molecule has 3 heterocycles. The number of aromatic amines is 1. The summed E-state index contributed by atoms with van der Waals surface area (Å²) >= 11 is 7.19. The molecule has 10 nitrogen and oxygen atoms in total. The first kappa shape index (κ1) is 27.6. The topological polar surface area (TPSA) is 131 Å². The summed E-state index contributed by atoms with van der Waals surface area (Å²) in [5, 5.41) is 5.65. The van der Waals surface area contributed by atoms with Crippen molar-refractivity contribution in [2.24, 2.45) is 0 Å². The Labute approximate surface area is 216 Å². The molecule has 1 atom stereocenters. The van der Waals surface area contributed by atoms with E-state index in [0.717, 1.165) is 5.56 Å². The Morgan fingerprint density at radius 3 is 2.78 bits per heavy atom. The number of hydrogen-bond donors (Lipinski definition) is 3. The van der Waals surface area contributed by atoms with Crippen LogP contribution in [-0.2, 0) is 4.74 Å². The highest BCUT2D eigenvalue weighted by Crippen LogP contribution is 2.28. The lowest BCUT2D eigenvalue weighted by atomic mass is 10.1. The molecule has 13 heteroatoms. The molecule has 36 heavy (non-hydrogen) atoms. The minimum absolute atomic E-state index is 0.0917. The lowest BCUT2D eigenvalue weighted by Crippen LogP contribution is -2.29. The summed E-state index contributed by atoms with van der Waals surface area (Å²) in [5.41, 5.74) is -0.670. The van der Waals surface area contributed by atoms with Crippen LogP contribution in [0.25, 0.3) is 10.9 Å². The third kappa shape index (κ3) is 7.05. The van der Waals surface area contributed by atoms with Crippen molar-refractivity contribution in [1.29, 1.82) is 0 Å². The van der Waals surface area contributed by atoms with Crippen molar-refractivity contribution in [2.75, 3.05) is 24.2 Å². The summed E-state index contributed by atoms with van der Waals surface area (Å²) in [6.45, 7) is 9.51. The smallest absolute Gasteiger partial charge is 0.413 e. The predicted octanol–water partition coefficient (Wildman–Crippen LogP) is 4.69. The number of nitrogens with zero attached hydrogens (tertiary/aromatic N) is 3. The maximum atomic E-state index is 14.5. The lowest BCUT2D eigenvalue weighted by Gasteiger charge is -2.21. The SMILES string of the molecule is CCSc1nc2c(F)c(Cl)nc(OCCNC(C)c3cccnc3NC(=O)OC(C)(C)C)c2c(=O)[nH]1. The predicted molar refractivity (Wildman–Crippen MR) is 138 cm³/mol. The van der Waals surface area contributed by atoms with Gasteiger partial charge >= 0.3 is 6.09 Å². The molecule has 0 saturated heterocycles. The molecule has 3 aromatic rings. The van der Waals surface area contributed by atoms with Crippen LogP contribution >= 0.6 is 23.4 Å². The normalized spacial score (nSPS) is 12.4. The molecule has 0 aliphatic carbocycles. The molecule has 0 aliphatic heterocycles. The monoisotopic (exact) mass is 538 g/mol. The number of aromatic nitrogens is 4. The second kappa shape index (κ2) is 11.8. The first-order valence-corrected chi connectivity index (χ1v) is 12.6. The second-order valence-electron chi connectivity index (χ2n) is 8.64. The van der Waals surface area contributed by atoms with Crippen LogP contribution in [0.4, 0.5) is 15.0 Å². The number of ether oxygens (including phenoxy) is 2. The fourth-order valence-electron chi connectivity index (χ4n) is 3.22. The van der Waals surface area contributed by atoms with Crippen molar-refractivity contribution < 1.29 is 18.7 Å². The van der Waals surface area contributed by atoms with E-state index in [0.29, 0.717) is 18.1 Å². The van der Waals surface area contributed by atoms with E-state index in [4.69, 9.17) is 21.1 Å². The molecular formula is C23H28ClFN6O4S. The van der Waals surface area contributed by atoms with Gasteiger partial charge in [0.25, 0.3) is 5.56 Å². The van der Waals surface area contributed by atoms with Crippen LogP contribution in [0.1, 0.15) is 46.2 Å². The van der Waals surface area contributed by atoms with E-state index in [2.05, 4.69) is 30.6 Å². The van der Waals surface area contributed by atoms with E-state index in [-0.39, 0.29) is 34.6 Å². The second-order valence-corrected chi connectivity index (χ2v) is 10.3. The number of carbonyl (C=O) groups excluding carboxylic acids is 1. The average Bonchev–Trinajstić information content (AvgIpc) is 2.78. The maximum Gasteiger partial charge on any atom is 0.413 e. The molecule has 1 amide bonds. The number of halogens is 2. The van der Waals surface area contributed by atoms with Crippen molar-refractivity contribution in [2.45, 2.75) is 51.4 Å². The van der Waals surface area contributed by atoms with Crippen molar-refractivity contribution in [1.82, 2.24) is 25.3 Å². The molecule has 0 radical (unpaired) electrons. The van der Waals surface area contributed by atoms with Gasteiger partial charge in [-0.15, -0.1) is 0 Å². The maximum absolute atomic E-state index is 14.5. The molecule has 3 aromatic heterocycles. The molecule has 0 bridgehead atoms. The molecule has 0 aliphatic rings. The van der Waals surface area contributed by atoms with E-state index >= 15 is 0 Å². The van der Waals surface area contributed by atoms with Gasteiger partial charge in [0.05, 0.1) is 0 Å². The number of thioether (sulfide) groups is 1. The van der Waals surface area contributed by atoms with Gasteiger partial charge in [0.15, 0.2) is 16.1 Å². The first-order chi connectivity index (χ1) is 17.0. The van der Waals surface area contributed by atoms with Crippen LogP contribution in [0.2, 0.25) is 5.15 Å². The third-order valence-electron chi connectivity index (χ3n) is 4.70. The van der Waals surface area contributed by atoms with Gasteiger partial charge in [0.1, 0.15) is 28.9 Å². The summed E-state index contributed by atoms with van der Waals surface area (Å²) < 4.78 is 25.5. The highest BCUT2D eigenvalue weighted by atomic mass is 35.5. The van der Waals surface area contributed by atoms with Crippen LogP contribution in [0, 0.1) is 5.82 Å². The Balaban J connectivity index is 1.68. The first-order valence-electron chi connectivity index (χ1n) is 11.2. The summed E-state index contributed by atoms with van der Waals surface area (Å²) in [6, 6.07) is 3.35. The highest BCUT2D eigenvalue weighted by Gasteiger charge is 2.21. The number of amides is 1. The lowest BCUT2D eigenvalue weighted by molar-refractivity contribution is 0.0635.